The third-order valence-corrected chi connectivity index (χ3v) is 5.10. The van der Waals surface area contributed by atoms with Gasteiger partial charge in [-0.2, -0.15) is 5.10 Å². The number of nitrogens with one attached hydrogen (secondary N) is 1. The molecule has 1 atom stereocenters. The number of rotatable bonds is 4. The molecule has 3 aromatic rings. The Morgan fingerprint density at radius 3 is 2.92 bits per heavy atom. The third-order valence-electron chi connectivity index (χ3n) is 5.10. The Kier molecular flexibility index (Phi) is 4.76. The van der Waals surface area contributed by atoms with Gasteiger partial charge in [-0.15, -0.1) is 0 Å². The standard InChI is InChI=1S/C20H25N5/c1-24-8-9-25(15-19-6-7-22-23-19)14-16(13-24)10-18-12-21-11-17-4-2-3-5-20(17)18/h2-7,11-12,16H,8-10,13-15H2,1H3,(H,22,23)/t16-/m1/s1. The second-order valence-corrected chi connectivity index (χ2v) is 7.17. The highest BCUT2D eigenvalue weighted by Crippen LogP contribution is 2.22. The maximum atomic E-state index is 4.46. The number of fused-ring (bicyclic) bond motifs is 1. The Morgan fingerprint density at radius 2 is 2.04 bits per heavy atom. The number of H-pyrrole nitrogens is 1. The zero-order valence-corrected chi connectivity index (χ0v) is 14.7. The highest BCUT2D eigenvalue weighted by atomic mass is 15.2. The van der Waals surface area contributed by atoms with Gasteiger partial charge in [0.05, 0.1) is 0 Å². The van der Waals surface area contributed by atoms with Crippen molar-refractivity contribution in [1.82, 2.24) is 25.0 Å². The molecule has 0 spiro atoms. The minimum absolute atomic E-state index is 0.600. The molecule has 25 heavy (non-hydrogen) atoms. The van der Waals surface area contributed by atoms with Crippen LogP contribution in [0.2, 0.25) is 0 Å². The summed E-state index contributed by atoms with van der Waals surface area (Å²) in [5.74, 6) is 0.600. The van der Waals surface area contributed by atoms with Crippen molar-refractivity contribution >= 4 is 10.8 Å². The van der Waals surface area contributed by atoms with Crippen LogP contribution in [0.1, 0.15) is 11.3 Å². The Morgan fingerprint density at radius 1 is 1.12 bits per heavy atom. The van der Waals surface area contributed by atoms with Crippen LogP contribution in [0, 0.1) is 5.92 Å². The van der Waals surface area contributed by atoms with Crippen LogP contribution < -0.4 is 0 Å². The molecule has 4 rings (SSSR count). The highest BCUT2D eigenvalue weighted by Gasteiger charge is 2.22. The lowest BCUT2D eigenvalue weighted by atomic mass is 9.96. The predicted molar refractivity (Wildman–Crippen MR) is 100 cm³/mol. The summed E-state index contributed by atoms with van der Waals surface area (Å²) < 4.78 is 0. The van der Waals surface area contributed by atoms with Gasteiger partial charge < -0.3 is 4.90 Å². The van der Waals surface area contributed by atoms with E-state index in [1.54, 1.807) is 0 Å². The van der Waals surface area contributed by atoms with Crippen molar-refractivity contribution in [3.63, 3.8) is 0 Å². The van der Waals surface area contributed by atoms with Gasteiger partial charge in [0.1, 0.15) is 0 Å². The molecule has 0 unspecified atom stereocenters. The van der Waals surface area contributed by atoms with Crippen LogP contribution in [-0.4, -0.2) is 58.2 Å². The second-order valence-electron chi connectivity index (χ2n) is 7.17. The fraction of sp³-hybridized carbons (Fsp3) is 0.400. The van der Waals surface area contributed by atoms with Crippen molar-refractivity contribution in [2.75, 3.05) is 33.2 Å². The maximum Gasteiger partial charge on any atom is 0.0492 e. The molecule has 1 N–H and O–H groups in total. The van der Waals surface area contributed by atoms with E-state index in [1.807, 2.05) is 18.6 Å². The molecule has 0 saturated carbocycles. The molecule has 5 heteroatoms. The van der Waals surface area contributed by atoms with Crippen molar-refractivity contribution in [3.05, 3.63) is 60.2 Å². The van der Waals surface area contributed by atoms with Gasteiger partial charge in [0, 0.05) is 62.4 Å². The summed E-state index contributed by atoms with van der Waals surface area (Å²) >= 11 is 0. The first kappa shape index (κ1) is 16.2. The van der Waals surface area contributed by atoms with E-state index in [-0.39, 0.29) is 0 Å². The van der Waals surface area contributed by atoms with Gasteiger partial charge in [0.25, 0.3) is 0 Å². The smallest absolute Gasteiger partial charge is 0.0492 e. The summed E-state index contributed by atoms with van der Waals surface area (Å²) in [5.41, 5.74) is 2.55. The maximum absolute atomic E-state index is 4.46. The largest absolute Gasteiger partial charge is 0.305 e. The molecular formula is C20H25N5. The summed E-state index contributed by atoms with van der Waals surface area (Å²) in [6.07, 6.45) is 6.91. The molecule has 0 radical (unpaired) electrons. The SMILES string of the molecule is CN1CCN(Cc2ccn[nH]2)C[C@H](Cc2cncc3ccccc23)C1. The van der Waals surface area contributed by atoms with Gasteiger partial charge >= 0.3 is 0 Å². The van der Waals surface area contributed by atoms with Gasteiger partial charge in [0.15, 0.2) is 0 Å². The lowest BCUT2D eigenvalue weighted by molar-refractivity contribution is 0.246. The van der Waals surface area contributed by atoms with E-state index < -0.39 is 0 Å². The second kappa shape index (κ2) is 7.33. The molecule has 1 aliphatic heterocycles. The molecule has 1 aliphatic rings. The summed E-state index contributed by atoms with van der Waals surface area (Å²) in [6.45, 7) is 5.38. The summed E-state index contributed by atoms with van der Waals surface area (Å²) in [7, 11) is 2.23. The molecule has 2 aromatic heterocycles. The zero-order chi connectivity index (χ0) is 17.1. The number of likely N-dealkylation sites (N-methyl/N-ethyl adjacent to an activating group) is 1. The first-order valence-electron chi connectivity index (χ1n) is 8.99. The fourth-order valence-corrected chi connectivity index (χ4v) is 3.90. The monoisotopic (exact) mass is 335 g/mol. The lowest BCUT2D eigenvalue weighted by Crippen LogP contribution is -2.30. The summed E-state index contributed by atoms with van der Waals surface area (Å²) in [6, 6.07) is 10.6. The molecule has 1 saturated heterocycles. The summed E-state index contributed by atoms with van der Waals surface area (Å²) in [4.78, 5) is 9.46. The Balaban J connectivity index is 1.53. The van der Waals surface area contributed by atoms with Crippen LogP contribution in [0.5, 0.6) is 0 Å². The molecule has 1 fully saturated rings. The Bertz CT molecular complexity index is 809. The van der Waals surface area contributed by atoms with Gasteiger partial charge in [-0.1, -0.05) is 24.3 Å². The van der Waals surface area contributed by atoms with Crippen molar-refractivity contribution in [3.8, 4) is 0 Å². The van der Waals surface area contributed by atoms with Crippen molar-refractivity contribution in [2.45, 2.75) is 13.0 Å². The Labute approximate surface area is 148 Å². The van der Waals surface area contributed by atoms with Crippen LogP contribution in [-0.2, 0) is 13.0 Å². The van der Waals surface area contributed by atoms with Crippen molar-refractivity contribution in [1.29, 1.82) is 0 Å². The molecule has 0 aliphatic carbocycles. The number of hydrogen-bond acceptors (Lipinski definition) is 4. The van der Waals surface area contributed by atoms with Crippen LogP contribution in [0.3, 0.4) is 0 Å². The van der Waals surface area contributed by atoms with Crippen molar-refractivity contribution < 1.29 is 0 Å². The van der Waals surface area contributed by atoms with E-state index in [9.17, 15) is 0 Å². The third kappa shape index (κ3) is 3.89. The molecular weight excluding hydrogens is 310 g/mol. The number of benzene rings is 1. The zero-order valence-electron chi connectivity index (χ0n) is 14.7. The van der Waals surface area contributed by atoms with Gasteiger partial charge in [-0.3, -0.25) is 15.0 Å². The normalized spacial score (nSPS) is 20.0. The number of hydrogen-bond donors (Lipinski definition) is 1. The van der Waals surface area contributed by atoms with E-state index >= 15 is 0 Å². The van der Waals surface area contributed by atoms with Crippen LogP contribution in [0.25, 0.3) is 10.8 Å². The molecule has 3 heterocycles. The number of nitrogens with zero attached hydrogens (tertiary/aromatic N) is 4. The average molecular weight is 335 g/mol. The Hall–Kier alpha value is -2.24. The summed E-state index contributed by atoms with van der Waals surface area (Å²) in [5, 5.41) is 9.74. The number of aromatic nitrogens is 3. The van der Waals surface area contributed by atoms with Gasteiger partial charge in [-0.25, -0.2) is 0 Å². The van der Waals surface area contributed by atoms with Gasteiger partial charge in [-0.05, 0) is 36.4 Å². The first-order valence-corrected chi connectivity index (χ1v) is 8.99. The highest BCUT2D eigenvalue weighted by molar-refractivity contribution is 5.84. The van der Waals surface area contributed by atoms with Crippen molar-refractivity contribution in [2.24, 2.45) is 5.92 Å². The molecule has 5 nitrogen and oxygen atoms in total. The van der Waals surface area contributed by atoms with Crippen LogP contribution in [0.15, 0.2) is 48.9 Å². The number of aromatic amines is 1. The average Bonchev–Trinajstić information content (AvgIpc) is 3.06. The fourth-order valence-electron chi connectivity index (χ4n) is 3.90. The van der Waals surface area contributed by atoms with E-state index in [4.69, 9.17) is 0 Å². The topological polar surface area (TPSA) is 48.0 Å². The molecule has 130 valence electrons. The van der Waals surface area contributed by atoms with E-state index in [0.29, 0.717) is 5.92 Å². The lowest BCUT2D eigenvalue weighted by Gasteiger charge is -2.24. The predicted octanol–water partition coefficient (Wildman–Crippen LogP) is 2.56. The quantitative estimate of drug-likeness (QED) is 0.796. The minimum Gasteiger partial charge on any atom is -0.305 e. The van der Waals surface area contributed by atoms with Gasteiger partial charge in [0.2, 0.25) is 0 Å². The minimum atomic E-state index is 0.600. The molecule has 1 aromatic carbocycles. The van der Waals surface area contributed by atoms with E-state index in [1.165, 1.54) is 22.0 Å². The molecule has 0 bridgehead atoms. The first-order chi connectivity index (χ1) is 12.3. The van der Waals surface area contributed by atoms with Crippen LogP contribution >= 0.6 is 0 Å². The van der Waals surface area contributed by atoms with E-state index in [2.05, 4.69) is 62.4 Å². The van der Waals surface area contributed by atoms with Crippen LogP contribution in [0.4, 0.5) is 0 Å². The molecule has 0 amide bonds. The number of pyridine rings is 1. The van der Waals surface area contributed by atoms with E-state index in [0.717, 1.165) is 39.1 Å².